The van der Waals surface area contributed by atoms with Gasteiger partial charge >= 0.3 is 5.97 Å². The first-order valence-corrected chi connectivity index (χ1v) is 4.59. The molecule has 1 fully saturated rings. The van der Waals surface area contributed by atoms with Crippen LogP contribution in [0.15, 0.2) is 0 Å². The second-order valence-electron chi connectivity index (χ2n) is 3.81. The minimum atomic E-state index is -0.726. The molecular formula is C9H17NO2. The lowest BCUT2D eigenvalue weighted by Gasteiger charge is -2.25. The van der Waals surface area contributed by atoms with Crippen molar-refractivity contribution in [3.05, 3.63) is 0 Å². The SMILES string of the molecule is CCCC(C)(NC1CC1)C(=O)O. The third-order valence-electron chi connectivity index (χ3n) is 2.32. The van der Waals surface area contributed by atoms with Crippen molar-refractivity contribution in [1.82, 2.24) is 5.32 Å². The summed E-state index contributed by atoms with van der Waals surface area (Å²) in [6, 6.07) is 0.456. The van der Waals surface area contributed by atoms with E-state index in [9.17, 15) is 4.79 Å². The number of hydrogen-bond acceptors (Lipinski definition) is 2. The fourth-order valence-electron chi connectivity index (χ4n) is 1.42. The molecule has 1 aliphatic carbocycles. The maximum absolute atomic E-state index is 10.9. The highest BCUT2D eigenvalue weighted by Crippen LogP contribution is 2.24. The Balaban J connectivity index is 2.49. The molecule has 12 heavy (non-hydrogen) atoms. The van der Waals surface area contributed by atoms with E-state index in [2.05, 4.69) is 5.32 Å². The van der Waals surface area contributed by atoms with Crippen LogP contribution >= 0.6 is 0 Å². The molecule has 0 amide bonds. The van der Waals surface area contributed by atoms with Crippen LogP contribution in [-0.4, -0.2) is 22.7 Å². The quantitative estimate of drug-likeness (QED) is 0.657. The van der Waals surface area contributed by atoms with E-state index in [-0.39, 0.29) is 0 Å². The van der Waals surface area contributed by atoms with Crippen LogP contribution in [0.1, 0.15) is 39.5 Å². The van der Waals surface area contributed by atoms with E-state index >= 15 is 0 Å². The monoisotopic (exact) mass is 171 g/mol. The van der Waals surface area contributed by atoms with Gasteiger partial charge in [-0.1, -0.05) is 13.3 Å². The third-order valence-corrected chi connectivity index (χ3v) is 2.32. The molecule has 1 aliphatic rings. The second kappa shape index (κ2) is 3.44. The third kappa shape index (κ3) is 2.21. The first kappa shape index (κ1) is 9.52. The number of carboxylic acid groups (broad SMARTS) is 1. The van der Waals surface area contributed by atoms with Crippen LogP contribution < -0.4 is 5.32 Å². The molecule has 1 rings (SSSR count). The molecular weight excluding hydrogens is 154 g/mol. The van der Waals surface area contributed by atoms with Crippen LogP contribution in [0, 0.1) is 0 Å². The first-order valence-electron chi connectivity index (χ1n) is 4.59. The fourth-order valence-corrected chi connectivity index (χ4v) is 1.42. The Hall–Kier alpha value is -0.570. The molecule has 0 aromatic heterocycles. The van der Waals surface area contributed by atoms with E-state index in [0.29, 0.717) is 12.5 Å². The average molecular weight is 171 g/mol. The lowest BCUT2D eigenvalue weighted by atomic mass is 9.96. The van der Waals surface area contributed by atoms with Crippen molar-refractivity contribution in [3.63, 3.8) is 0 Å². The maximum atomic E-state index is 10.9. The smallest absolute Gasteiger partial charge is 0.323 e. The minimum Gasteiger partial charge on any atom is -0.480 e. The topological polar surface area (TPSA) is 49.3 Å². The van der Waals surface area contributed by atoms with Gasteiger partial charge < -0.3 is 5.11 Å². The van der Waals surface area contributed by atoms with Gasteiger partial charge in [0.05, 0.1) is 0 Å². The van der Waals surface area contributed by atoms with Crippen LogP contribution in [0.25, 0.3) is 0 Å². The predicted molar refractivity (Wildman–Crippen MR) is 47.1 cm³/mol. The van der Waals surface area contributed by atoms with E-state index in [1.807, 2.05) is 6.92 Å². The van der Waals surface area contributed by atoms with Crippen molar-refractivity contribution >= 4 is 5.97 Å². The molecule has 0 bridgehead atoms. The molecule has 0 saturated heterocycles. The zero-order chi connectivity index (χ0) is 9.19. The Kier molecular flexibility index (Phi) is 2.73. The van der Waals surface area contributed by atoms with Crippen LogP contribution in [-0.2, 0) is 4.79 Å². The van der Waals surface area contributed by atoms with Gasteiger partial charge in [0, 0.05) is 6.04 Å². The van der Waals surface area contributed by atoms with Gasteiger partial charge in [-0.25, -0.2) is 0 Å². The largest absolute Gasteiger partial charge is 0.480 e. The summed E-state index contributed by atoms with van der Waals surface area (Å²) >= 11 is 0. The van der Waals surface area contributed by atoms with Gasteiger partial charge in [-0.15, -0.1) is 0 Å². The predicted octanol–water partition coefficient (Wildman–Crippen LogP) is 1.38. The molecule has 0 heterocycles. The molecule has 1 atom stereocenters. The van der Waals surface area contributed by atoms with Gasteiger partial charge in [0.15, 0.2) is 0 Å². The molecule has 3 heteroatoms. The van der Waals surface area contributed by atoms with Crippen molar-refractivity contribution in [2.75, 3.05) is 0 Å². The van der Waals surface area contributed by atoms with Gasteiger partial charge in [-0.05, 0) is 26.2 Å². The maximum Gasteiger partial charge on any atom is 0.323 e. The molecule has 0 aliphatic heterocycles. The first-order chi connectivity index (χ1) is 5.58. The van der Waals surface area contributed by atoms with E-state index in [1.165, 1.54) is 0 Å². The summed E-state index contributed by atoms with van der Waals surface area (Å²) in [6.07, 6.45) is 3.88. The standard InChI is InChI=1S/C9H17NO2/c1-3-6-9(2,8(11)12)10-7-4-5-7/h7,10H,3-6H2,1-2H3,(H,11,12). The molecule has 1 unspecified atom stereocenters. The number of aliphatic carboxylic acids is 1. The Morgan fingerprint density at radius 1 is 1.67 bits per heavy atom. The molecule has 0 aromatic carbocycles. The van der Waals surface area contributed by atoms with E-state index in [0.717, 1.165) is 19.3 Å². The van der Waals surface area contributed by atoms with Gasteiger partial charge in [0.25, 0.3) is 0 Å². The fraction of sp³-hybridized carbons (Fsp3) is 0.889. The average Bonchev–Trinajstić information content (AvgIpc) is 2.71. The molecule has 3 nitrogen and oxygen atoms in total. The number of nitrogens with one attached hydrogen (secondary N) is 1. The van der Waals surface area contributed by atoms with Gasteiger partial charge in [-0.3, -0.25) is 10.1 Å². The zero-order valence-corrected chi connectivity index (χ0v) is 7.76. The Morgan fingerprint density at radius 3 is 2.58 bits per heavy atom. The molecule has 2 N–H and O–H groups in total. The summed E-state index contributed by atoms with van der Waals surface area (Å²) in [7, 11) is 0. The van der Waals surface area contributed by atoms with E-state index in [4.69, 9.17) is 5.11 Å². The van der Waals surface area contributed by atoms with Crippen molar-refractivity contribution in [2.24, 2.45) is 0 Å². The Labute approximate surface area is 73.2 Å². The molecule has 0 aromatic rings. The van der Waals surface area contributed by atoms with Gasteiger partial charge in [0.1, 0.15) is 5.54 Å². The van der Waals surface area contributed by atoms with Crippen molar-refractivity contribution in [3.8, 4) is 0 Å². The van der Waals surface area contributed by atoms with Gasteiger partial charge in [-0.2, -0.15) is 0 Å². The highest BCUT2D eigenvalue weighted by atomic mass is 16.4. The lowest BCUT2D eigenvalue weighted by Crippen LogP contribution is -2.50. The summed E-state index contributed by atoms with van der Waals surface area (Å²) in [6.45, 7) is 3.78. The summed E-state index contributed by atoms with van der Waals surface area (Å²) in [5, 5.41) is 12.1. The summed E-state index contributed by atoms with van der Waals surface area (Å²) in [4.78, 5) is 10.9. The summed E-state index contributed by atoms with van der Waals surface area (Å²) in [5.74, 6) is -0.726. The van der Waals surface area contributed by atoms with Crippen molar-refractivity contribution in [2.45, 2.75) is 51.1 Å². The van der Waals surface area contributed by atoms with Crippen LogP contribution in [0.4, 0.5) is 0 Å². The van der Waals surface area contributed by atoms with Crippen molar-refractivity contribution in [1.29, 1.82) is 0 Å². The van der Waals surface area contributed by atoms with Crippen LogP contribution in [0.5, 0.6) is 0 Å². The minimum absolute atomic E-state index is 0.456. The number of rotatable bonds is 5. The van der Waals surface area contributed by atoms with Gasteiger partial charge in [0.2, 0.25) is 0 Å². The second-order valence-corrected chi connectivity index (χ2v) is 3.81. The molecule has 0 spiro atoms. The number of hydrogen-bond donors (Lipinski definition) is 2. The Bertz CT molecular complexity index is 177. The van der Waals surface area contributed by atoms with E-state index in [1.54, 1.807) is 6.92 Å². The number of carboxylic acids is 1. The molecule has 70 valence electrons. The lowest BCUT2D eigenvalue weighted by molar-refractivity contribution is -0.144. The molecule has 0 radical (unpaired) electrons. The van der Waals surface area contributed by atoms with Crippen LogP contribution in [0.2, 0.25) is 0 Å². The van der Waals surface area contributed by atoms with E-state index < -0.39 is 11.5 Å². The summed E-state index contributed by atoms with van der Waals surface area (Å²) < 4.78 is 0. The highest BCUT2D eigenvalue weighted by Gasteiger charge is 2.37. The highest BCUT2D eigenvalue weighted by molar-refractivity contribution is 5.78. The van der Waals surface area contributed by atoms with Crippen molar-refractivity contribution < 1.29 is 9.90 Å². The zero-order valence-electron chi connectivity index (χ0n) is 7.76. The Morgan fingerprint density at radius 2 is 2.25 bits per heavy atom. The van der Waals surface area contributed by atoms with Crippen LogP contribution in [0.3, 0.4) is 0 Å². The summed E-state index contributed by atoms with van der Waals surface area (Å²) in [5.41, 5.74) is -0.698. The normalized spacial score (nSPS) is 21.8. The number of carbonyl (C=O) groups is 1. The molecule has 1 saturated carbocycles.